The van der Waals surface area contributed by atoms with Crippen molar-refractivity contribution >= 4 is 29.4 Å². The number of rotatable bonds is 3. The smallest absolute Gasteiger partial charge is 0.321 e. The average Bonchev–Trinajstić information content (AvgIpc) is 2.68. The van der Waals surface area contributed by atoms with Gasteiger partial charge in [-0.15, -0.1) is 11.8 Å². The first-order valence-electron chi connectivity index (χ1n) is 9.16. The monoisotopic (exact) mass is 361 g/mol. The Hall–Kier alpha value is -1.69. The van der Waals surface area contributed by atoms with E-state index in [0.29, 0.717) is 32.1 Å². The number of hydrogen-bond donors (Lipinski definition) is 1. The molecule has 3 amide bonds. The summed E-state index contributed by atoms with van der Waals surface area (Å²) in [6, 6.07) is 7.77. The van der Waals surface area contributed by atoms with E-state index in [2.05, 4.69) is 5.32 Å². The zero-order chi connectivity index (χ0) is 17.6. The van der Waals surface area contributed by atoms with Crippen molar-refractivity contribution in [1.82, 2.24) is 9.80 Å². The van der Waals surface area contributed by atoms with Gasteiger partial charge in [-0.1, -0.05) is 25.3 Å². The molecule has 1 heterocycles. The lowest BCUT2D eigenvalue weighted by atomic mass is 9.88. The maximum Gasteiger partial charge on any atom is 0.321 e. The molecule has 6 heteroatoms. The van der Waals surface area contributed by atoms with Crippen molar-refractivity contribution in [1.29, 1.82) is 0 Å². The van der Waals surface area contributed by atoms with Gasteiger partial charge >= 0.3 is 6.03 Å². The van der Waals surface area contributed by atoms with Gasteiger partial charge in [0.25, 0.3) is 0 Å². The minimum Gasteiger partial charge on any atom is -0.339 e. The second-order valence-electron chi connectivity index (χ2n) is 6.81. The number of thioether (sulfide) groups is 1. The van der Waals surface area contributed by atoms with Crippen LogP contribution in [-0.2, 0) is 4.79 Å². The first kappa shape index (κ1) is 18.1. The lowest BCUT2D eigenvalue weighted by Gasteiger charge is -2.37. The van der Waals surface area contributed by atoms with Crippen LogP contribution in [0.2, 0.25) is 0 Å². The van der Waals surface area contributed by atoms with Crippen LogP contribution in [-0.4, -0.2) is 54.2 Å². The fraction of sp³-hybridized carbons (Fsp3) is 0.579. The number of piperazine rings is 1. The molecule has 1 aliphatic heterocycles. The van der Waals surface area contributed by atoms with Crippen molar-refractivity contribution in [3.63, 3.8) is 0 Å². The van der Waals surface area contributed by atoms with Gasteiger partial charge in [-0.25, -0.2) is 4.79 Å². The fourth-order valence-corrected chi connectivity index (χ4v) is 4.10. The molecule has 1 saturated carbocycles. The van der Waals surface area contributed by atoms with E-state index in [1.807, 2.05) is 35.4 Å². The molecule has 1 N–H and O–H groups in total. The van der Waals surface area contributed by atoms with Gasteiger partial charge in [0, 0.05) is 42.7 Å². The SMILES string of the molecule is CSc1cccc(NC(=O)N2CCN(C(=O)C3CCCCC3)CC2)c1. The Morgan fingerprint density at radius 1 is 1.04 bits per heavy atom. The molecular formula is C19H27N3O2S. The highest BCUT2D eigenvalue weighted by Gasteiger charge is 2.29. The topological polar surface area (TPSA) is 52.7 Å². The van der Waals surface area contributed by atoms with E-state index in [9.17, 15) is 9.59 Å². The van der Waals surface area contributed by atoms with Gasteiger partial charge in [0.1, 0.15) is 0 Å². The number of nitrogens with zero attached hydrogens (tertiary/aromatic N) is 2. The molecule has 1 aromatic carbocycles. The first-order valence-corrected chi connectivity index (χ1v) is 10.4. The Kier molecular flexibility index (Phi) is 6.24. The maximum absolute atomic E-state index is 12.6. The van der Waals surface area contributed by atoms with Crippen LogP contribution in [0.1, 0.15) is 32.1 Å². The summed E-state index contributed by atoms with van der Waals surface area (Å²) < 4.78 is 0. The number of amides is 3. The minimum absolute atomic E-state index is 0.0805. The molecule has 0 radical (unpaired) electrons. The van der Waals surface area contributed by atoms with Gasteiger partial charge in [-0.05, 0) is 37.3 Å². The van der Waals surface area contributed by atoms with Gasteiger partial charge in [-0.3, -0.25) is 4.79 Å². The van der Waals surface area contributed by atoms with Crippen LogP contribution in [0.4, 0.5) is 10.5 Å². The van der Waals surface area contributed by atoms with E-state index in [1.54, 1.807) is 16.7 Å². The summed E-state index contributed by atoms with van der Waals surface area (Å²) in [6.07, 6.45) is 7.69. The highest BCUT2D eigenvalue weighted by molar-refractivity contribution is 7.98. The number of nitrogens with one attached hydrogen (secondary N) is 1. The van der Waals surface area contributed by atoms with Crippen molar-refractivity contribution < 1.29 is 9.59 Å². The van der Waals surface area contributed by atoms with Crippen LogP contribution in [0.3, 0.4) is 0 Å². The van der Waals surface area contributed by atoms with Gasteiger partial charge < -0.3 is 15.1 Å². The van der Waals surface area contributed by atoms with Crippen LogP contribution >= 0.6 is 11.8 Å². The number of urea groups is 1. The fourth-order valence-electron chi connectivity index (χ4n) is 3.64. The Morgan fingerprint density at radius 2 is 1.72 bits per heavy atom. The van der Waals surface area contributed by atoms with E-state index < -0.39 is 0 Å². The van der Waals surface area contributed by atoms with Crippen LogP contribution in [0.15, 0.2) is 29.2 Å². The van der Waals surface area contributed by atoms with E-state index >= 15 is 0 Å². The second-order valence-corrected chi connectivity index (χ2v) is 7.69. The van der Waals surface area contributed by atoms with Crippen LogP contribution < -0.4 is 5.32 Å². The van der Waals surface area contributed by atoms with Crippen molar-refractivity contribution in [2.45, 2.75) is 37.0 Å². The minimum atomic E-state index is -0.0805. The molecule has 25 heavy (non-hydrogen) atoms. The van der Waals surface area contributed by atoms with E-state index in [4.69, 9.17) is 0 Å². The third kappa shape index (κ3) is 4.69. The zero-order valence-electron chi connectivity index (χ0n) is 14.9. The Bertz CT molecular complexity index is 608. The van der Waals surface area contributed by atoms with E-state index in [-0.39, 0.29) is 11.9 Å². The van der Waals surface area contributed by atoms with Crippen molar-refractivity contribution in [2.24, 2.45) is 5.92 Å². The molecule has 2 fully saturated rings. The lowest BCUT2D eigenvalue weighted by molar-refractivity contribution is -0.137. The second kappa shape index (κ2) is 8.61. The molecule has 136 valence electrons. The zero-order valence-corrected chi connectivity index (χ0v) is 15.7. The molecule has 0 atom stereocenters. The molecule has 3 rings (SSSR count). The molecule has 0 unspecified atom stereocenters. The lowest BCUT2D eigenvalue weighted by Crippen LogP contribution is -2.53. The molecule has 0 aromatic heterocycles. The first-order chi connectivity index (χ1) is 12.2. The summed E-state index contributed by atoms with van der Waals surface area (Å²) >= 11 is 1.65. The predicted molar refractivity (Wildman–Crippen MR) is 102 cm³/mol. The van der Waals surface area contributed by atoms with E-state index in [0.717, 1.165) is 23.4 Å². The summed E-state index contributed by atoms with van der Waals surface area (Å²) in [4.78, 5) is 29.9. The molecule has 2 aliphatic rings. The summed E-state index contributed by atoms with van der Waals surface area (Å²) in [7, 11) is 0. The number of benzene rings is 1. The average molecular weight is 362 g/mol. The molecule has 1 saturated heterocycles. The largest absolute Gasteiger partial charge is 0.339 e. The highest BCUT2D eigenvalue weighted by atomic mass is 32.2. The quantitative estimate of drug-likeness (QED) is 0.836. The normalized spacial score (nSPS) is 18.9. The van der Waals surface area contributed by atoms with Crippen LogP contribution in [0.25, 0.3) is 0 Å². The molecular weight excluding hydrogens is 334 g/mol. The Morgan fingerprint density at radius 3 is 2.40 bits per heavy atom. The number of carbonyl (C=O) groups is 2. The standard InChI is InChI=1S/C19H27N3O2S/c1-25-17-9-5-8-16(14-17)20-19(24)22-12-10-21(11-13-22)18(23)15-6-3-2-4-7-15/h5,8-9,14-15H,2-4,6-7,10-13H2,1H3,(H,20,24). The summed E-state index contributed by atoms with van der Waals surface area (Å²) in [5.74, 6) is 0.510. The molecule has 0 spiro atoms. The Labute approximate surface area is 154 Å². The summed E-state index contributed by atoms with van der Waals surface area (Å²) in [5.41, 5.74) is 0.817. The summed E-state index contributed by atoms with van der Waals surface area (Å²) in [6.45, 7) is 2.50. The third-order valence-electron chi connectivity index (χ3n) is 5.15. The van der Waals surface area contributed by atoms with E-state index in [1.165, 1.54) is 19.3 Å². The number of carbonyl (C=O) groups excluding carboxylic acids is 2. The van der Waals surface area contributed by atoms with Crippen molar-refractivity contribution in [3.05, 3.63) is 24.3 Å². The third-order valence-corrected chi connectivity index (χ3v) is 5.88. The van der Waals surface area contributed by atoms with Gasteiger partial charge in [0.2, 0.25) is 5.91 Å². The summed E-state index contributed by atoms with van der Waals surface area (Å²) in [5, 5.41) is 2.96. The molecule has 1 aromatic rings. The molecule has 0 bridgehead atoms. The van der Waals surface area contributed by atoms with Gasteiger partial charge in [0.05, 0.1) is 0 Å². The van der Waals surface area contributed by atoms with Gasteiger partial charge in [0.15, 0.2) is 0 Å². The molecule has 5 nitrogen and oxygen atoms in total. The highest BCUT2D eigenvalue weighted by Crippen LogP contribution is 2.26. The predicted octanol–water partition coefficient (Wildman–Crippen LogP) is 3.66. The maximum atomic E-state index is 12.6. The van der Waals surface area contributed by atoms with Crippen molar-refractivity contribution in [2.75, 3.05) is 37.8 Å². The van der Waals surface area contributed by atoms with Crippen molar-refractivity contribution in [3.8, 4) is 0 Å². The van der Waals surface area contributed by atoms with Crippen LogP contribution in [0, 0.1) is 5.92 Å². The Balaban J connectivity index is 1.49. The number of anilines is 1. The van der Waals surface area contributed by atoms with Gasteiger partial charge in [-0.2, -0.15) is 0 Å². The molecule has 1 aliphatic carbocycles. The number of hydrogen-bond acceptors (Lipinski definition) is 3. The van der Waals surface area contributed by atoms with Crippen LogP contribution in [0.5, 0.6) is 0 Å².